The average Bonchev–Trinajstić information content (AvgIpc) is 3.30. The minimum absolute atomic E-state index is 0.117. The number of benzene rings is 2. The van der Waals surface area contributed by atoms with E-state index >= 15 is 0 Å². The smallest absolute Gasteiger partial charge is 0.339 e. The minimum atomic E-state index is -0.381. The molecule has 0 saturated heterocycles. The number of hydrogen-bond donors (Lipinski definition) is 0. The third-order valence-corrected chi connectivity index (χ3v) is 4.93. The first-order chi connectivity index (χ1) is 13.2. The lowest BCUT2D eigenvalue weighted by atomic mass is 9.82. The first-order valence-electron chi connectivity index (χ1n) is 8.43. The van der Waals surface area contributed by atoms with Crippen molar-refractivity contribution in [1.29, 1.82) is 0 Å². The number of carbonyl (C=O) groups is 1. The number of ether oxygens (including phenoxy) is 6. The van der Waals surface area contributed by atoms with Crippen molar-refractivity contribution in [3.63, 3.8) is 0 Å². The Kier molecular flexibility index (Phi) is 3.43. The third kappa shape index (κ3) is 2.31. The molecule has 0 aromatic heterocycles. The Labute approximate surface area is 155 Å². The second kappa shape index (κ2) is 5.84. The van der Waals surface area contributed by atoms with Crippen LogP contribution in [0.5, 0.6) is 28.7 Å². The predicted molar refractivity (Wildman–Crippen MR) is 92.6 cm³/mol. The Morgan fingerprint density at radius 2 is 1.70 bits per heavy atom. The lowest BCUT2D eigenvalue weighted by Gasteiger charge is -2.26. The second-order valence-electron chi connectivity index (χ2n) is 6.31. The molecule has 7 nitrogen and oxygen atoms in total. The summed E-state index contributed by atoms with van der Waals surface area (Å²) in [6, 6.07) is 9.23. The summed E-state index contributed by atoms with van der Waals surface area (Å²) < 4.78 is 32.9. The summed E-state index contributed by atoms with van der Waals surface area (Å²) in [5, 5.41) is 0. The molecule has 27 heavy (non-hydrogen) atoms. The zero-order valence-corrected chi connectivity index (χ0v) is 14.7. The van der Waals surface area contributed by atoms with Gasteiger partial charge in [-0.3, -0.25) is 0 Å². The van der Waals surface area contributed by atoms with Gasteiger partial charge < -0.3 is 28.4 Å². The molecule has 1 atom stereocenters. The molecule has 138 valence electrons. The third-order valence-electron chi connectivity index (χ3n) is 4.93. The Morgan fingerprint density at radius 1 is 0.926 bits per heavy atom. The van der Waals surface area contributed by atoms with Gasteiger partial charge in [-0.2, -0.15) is 0 Å². The summed E-state index contributed by atoms with van der Waals surface area (Å²) in [6.45, 7) is 0.278. The molecule has 0 bridgehead atoms. The number of esters is 1. The molecule has 0 amide bonds. The molecule has 0 N–H and O–H groups in total. The van der Waals surface area contributed by atoms with Crippen LogP contribution in [0.15, 0.2) is 41.7 Å². The van der Waals surface area contributed by atoms with Crippen LogP contribution in [0.1, 0.15) is 17.0 Å². The fraction of sp³-hybridized carbons (Fsp3) is 0.250. The Hall–Kier alpha value is -3.35. The summed E-state index contributed by atoms with van der Waals surface area (Å²) >= 11 is 0. The van der Waals surface area contributed by atoms with Crippen molar-refractivity contribution in [2.75, 3.05) is 27.6 Å². The normalized spacial score (nSPS) is 19.2. The van der Waals surface area contributed by atoms with Crippen molar-refractivity contribution >= 4 is 5.97 Å². The highest BCUT2D eigenvalue weighted by molar-refractivity contribution is 5.95. The molecule has 0 unspecified atom stereocenters. The van der Waals surface area contributed by atoms with Crippen molar-refractivity contribution in [2.45, 2.75) is 5.92 Å². The molecule has 0 spiro atoms. The number of fused-ring (bicyclic) bond motifs is 2. The fourth-order valence-corrected chi connectivity index (χ4v) is 3.68. The van der Waals surface area contributed by atoms with Crippen molar-refractivity contribution < 1.29 is 33.2 Å². The summed E-state index contributed by atoms with van der Waals surface area (Å²) in [5.74, 6) is 2.83. The Bertz CT molecular complexity index is 992. The van der Waals surface area contributed by atoms with Crippen molar-refractivity contribution in [1.82, 2.24) is 0 Å². The number of methoxy groups -OCH3 is 2. The molecule has 3 aliphatic heterocycles. The Balaban J connectivity index is 1.71. The van der Waals surface area contributed by atoms with E-state index < -0.39 is 0 Å². The molecule has 7 heteroatoms. The summed E-state index contributed by atoms with van der Waals surface area (Å²) in [7, 11) is 3.16. The van der Waals surface area contributed by atoms with Crippen LogP contribution >= 0.6 is 0 Å². The number of rotatable bonds is 3. The standard InChI is InChI=1S/C20H16O7/c1-22-12-4-3-10(5-14(12)23-2)18-11-6-15-16(26-9-25-15)7-13(11)27-17-8-24-20(21)19(17)18/h3-7,18H,8-9H2,1-2H3/t18-/m0/s1. The van der Waals surface area contributed by atoms with Crippen LogP contribution in [0, 0.1) is 0 Å². The van der Waals surface area contributed by atoms with Crippen molar-refractivity contribution in [2.24, 2.45) is 0 Å². The summed E-state index contributed by atoms with van der Waals surface area (Å²) in [5.41, 5.74) is 2.17. The van der Waals surface area contributed by atoms with Crippen molar-refractivity contribution in [3.05, 3.63) is 52.8 Å². The van der Waals surface area contributed by atoms with Crippen LogP contribution in [0.4, 0.5) is 0 Å². The number of carbonyl (C=O) groups excluding carboxylic acids is 1. The van der Waals surface area contributed by atoms with Crippen LogP contribution < -0.4 is 23.7 Å². The van der Waals surface area contributed by atoms with E-state index in [1.54, 1.807) is 20.3 Å². The molecule has 0 fully saturated rings. The minimum Gasteiger partial charge on any atom is -0.493 e. The van der Waals surface area contributed by atoms with E-state index in [9.17, 15) is 4.79 Å². The maximum absolute atomic E-state index is 12.4. The molecular weight excluding hydrogens is 352 g/mol. The lowest BCUT2D eigenvalue weighted by molar-refractivity contribution is -0.136. The van der Waals surface area contributed by atoms with Gasteiger partial charge in [0.1, 0.15) is 12.4 Å². The van der Waals surface area contributed by atoms with Gasteiger partial charge in [0.05, 0.1) is 19.8 Å². The quantitative estimate of drug-likeness (QED) is 0.772. The largest absolute Gasteiger partial charge is 0.493 e. The van der Waals surface area contributed by atoms with Gasteiger partial charge in [-0.15, -0.1) is 0 Å². The van der Waals surface area contributed by atoms with E-state index in [4.69, 9.17) is 28.4 Å². The van der Waals surface area contributed by atoms with Crippen LogP contribution in [0.25, 0.3) is 0 Å². The van der Waals surface area contributed by atoms with Crippen molar-refractivity contribution in [3.8, 4) is 28.7 Å². The van der Waals surface area contributed by atoms with E-state index in [1.807, 2.05) is 24.3 Å². The van der Waals surface area contributed by atoms with Crippen LogP contribution in [0.2, 0.25) is 0 Å². The summed E-state index contributed by atoms with van der Waals surface area (Å²) in [6.07, 6.45) is 0. The maximum Gasteiger partial charge on any atom is 0.339 e. The average molecular weight is 368 g/mol. The Morgan fingerprint density at radius 3 is 2.48 bits per heavy atom. The molecule has 5 rings (SSSR count). The highest BCUT2D eigenvalue weighted by atomic mass is 16.7. The molecule has 0 aliphatic carbocycles. The number of hydrogen-bond acceptors (Lipinski definition) is 7. The first-order valence-corrected chi connectivity index (χ1v) is 8.43. The van der Waals surface area contributed by atoms with Crippen LogP contribution in [-0.2, 0) is 9.53 Å². The molecule has 2 aromatic carbocycles. The number of cyclic esters (lactones) is 1. The highest BCUT2D eigenvalue weighted by Crippen LogP contribution is 2.50. The van der Waals surface area contributed by atoms with E-state index in [0.29, 0.717) is 40.1 Å². The molecule has 3 aliphatic rings. The predicted octanol–water partition coefficient (Wildman–Crippen LogP) is 2.77. The zero-order chi connectivity index (χ0) is 18.5. The zero-order valence-electron chi connectivity index (χ0n) is 14.7. The molecule has 0 radical (unpaired) electrons. The molecule has 0 saturated carbocycles. The lowest BCUT2D eigenvalue weighted by Crippen LogP contribution is -2.18. The van der Waals surface area contributed by atoms with Gasteiger partial charge in [-0.1, -0.05) is 6.07 Å². The van der Waals surface area contributed by atoms with Gasteiger partial charge in [0.25, 0.3) is 0 Å². The fourth-order valence-electron chi connectivity index (χ4n) is 3.68. The van der Waals surface area contributed by atoms with Gasteiger partial charge >= 0.3 is 5.97 Å². The second-order valence-corrected chi connectivity index (χ2v) is 6.31. The van der Waals surface area contributed by atoms with E-state index in [2.05, 4.69) is 0 Å². The van der Waals surface area contributed by atoms with Gasteiger partial charge in [0.15, 0.2) is 28.8 Å². The maximum atomic E-state index is 12.4. The SMILES string of the molecule is COc1ccc([C@@H]2C3=C(COC3=O)Oc3cc4c(cc32)OCO4)cc1OC. The van der Waals surface area contributed by atoms with E-state index in [1.165, 1.54) is 0 Å². The molecule has 3 heterocycles. The monoisotopic (exact) mass is 368 g/mol. The van der Waals surface area contributed by atoms with Gasteiger partial charge in [0, 0.05) is 17.5 Å². The van der Waals surface area contributed by atoms with Gasteiger partial charge in [0.2, 0.25) is 6.79 Å². The van der Waals surface area contributed by atoms with Crippen LogP contribution in [-0.4, -0.2) is 33.6 Å². The first kappa shape index (κ1) is 15.9. The summed E-state index contributed by atoms with van der Waals surface area (Å²) in [4.78, 5) is 12.4. The molecular formula is C20H16O7. The van der Waals surface area contributed by atoms with Crippen LogP contribution in [0.3, 0.4) is 0 Å². The molecule has 2 aromatic rings. The van der Waals surface area contributed by atoms with Gasteiger partial charge in [-0.05, 0) is 23.8 Å². The topological polar surface area (TPSA) is 72.5 Å². The van der Waals surface area contributed by atoms with Gasteiger partial charge in [-0.25, -0.2) is 4.79 Å². The van der Waals surface area contributed by atoms with E-state index in [0.717, 1.165) is 11.1 Å². The van der Waals surface area contributed by atoms with E-state index in [-0.39, 0.29) is 25.3 Å². The highest BCUT2D eigenvalue weighted by Gasteiger charge is 2.41.